The Balaban J connectivity index is 1.70. The standard InChI is InChI=1S/C22H17Cl3N4O/c1-12-19(22-27-26-21(30-22)13-4-2-5-13)28-29(18-9-8-16(24)11-17(18)25)20(12)14-6-3-7-15(23)10-14/h3,6-11,13H,2,4-5H2,1H3. The summed E-state index contributed by atoms with van der Waals surface area (Å²) in [5, 5.41) is 15.0. The molecule has 0 saturated heterocycles. The molecule has 5 nitrogen and oxygen atoms in total. The number of nitrogens with zero attached hydrogens (tertiary/aromatic N) is 4. The Labute approximate surface area is 188 Å². The van der Waals surface area contributed by atoms with E-state index in [1.54, 1.807) is 16.8 Å². The first kappa shape index (κ1) is 19.6. The van der Waals surface area contributed by atoms with E-state index in [-0.39, 0.29) is 0 Å². The van der Waals surface area contributed by atoms with E-state index in [4.69, 9.17) is 44.3 Å². The Bertz CT molecular complexity index is 1240. The monoisotopic (exact) mass is 458 g/mol. The Morgan fingerprint density at radius 1 is 1.00 bits per heavy atom. The lowest BCUT2D eigenvalue weighted by Crippen LogP contribution is -2.08. The van der Waals surface area contributed by atoms with E-state index < -0.39 is 0 Å². The quantitative estimate of drug-likeness (QED) is 0.326. The first-order valence-electron chi connectivity index (χ1n) is 9.66. The second kappa shape index (κ2) is 7.73. The highest BCUT2D eigenvalue weighted by atomic mass is 35.5. The number of benzene rings is 2. The van der Waals surface area contributed by atoms with E-state index in [1.165, 1.54) is 6.42 Å². The number of rotatable bonds is 4. The number of hydrogen-bond donors (Lipinski definition) is 0. The van der Waals surface area contributed by atoms with E-state index in [2.05, 4.69) is 10.2 Å². The molecular formula is C22H17Cl3N4O. The van der Waals surface area contributed by atoms with Gasteiger partial charge in [-0.15, -0.1) is 10.2 Å². The van der Waals surface area contributed by atoms with Crippen molar-refractivity contribution in [3.05, 3.63) is 69.0 Å². The zero-order valence-corrected chi connectivity index (χ0v) is 18.3. The lowest BCUT2D eigenvalue weighted by atomic mass is 9.85. The highest BCUT2D eigenvalue weighted by Gasteiger charge is 2.28. The van der Waals surface area contributed by atoms with Gasteiger partial charge in [0.25, 0.3) is 5.89 Å². The predicted octanol–water partition coefficient (Wildman–Crippen LogP) is 7.13. The molecule has 0 N–H and O–H groups in total. The van der Waals surface area contributed by atoms with Gasteiger partial charge in [0.2, 0.25) is 5.89 Å². The molecule has 0 amide bonds. The van der Waals surface area contributed by atoms with Gasteiger partial charge in [-0.25, -0.2) is 4.68 Å². The van der Waals surface area contributed by atoms with E-state index in [0.29, 0.717) is 44.1 Å². The van der Waals surface area contributed by atoms with E-state index in [0.717, 1.165) is 29.7 Å². The van der Waals surface area contributed by atoms with Crippen LogP contribution < -0.4 is 0 Å². The van der Waals surface area contributed by atoms with E-state index in [1.807, 2.05) is 37.3 Å². The van der Waals surface area contributed by atoms with Crippen molar-refractivity contribution in [2.24, 2.45) is 0 Å². The Kier molecular flexibility index (Phi) is 5.05. The molecule has 8 heteroatoms. The van der Waals surface area contributed by atoms with Crippen molar-refractivity contribution in [2.75, 3.05) is 0 Å². The summed E-state index contributed by atoms with van der Waals surface area (Å²) in [6.07, 6.45) is 3.37. The van der Waals surface area contributed by atoms with Gasteiger partial charge in [-0.3, -0.25) is 0 Å². The summed E-state index contributed by atoms with van der Waals surface area (Å²) in [5.74, 6) is 1.44. The van der Waals surface area contributed by atoms with E-state index >= 15 is 0 Å². The molecule has 2 heterocycles. The maximum absolute atomic E-state index is 6.51. The van der Waals surface area contributed by atoms with Crippen molar-refractivity contribution in [3.63, 3.8) is 0 Å². The Hall–Kier alpha value is -2.34. The van der Waals surface area contributed by atoms with Gasteiger partial charge in [0.1, 0.15) is 0 Å². The van der Waals surface area contributed by atoms with Crippen LogP contribution in [0.5, 0.6) is 0 Å². The molecule has 2 aromatic carbocycles. The van der Waals surface area contributed by atoms with Crippen molar-refractivity contribution in [2.45, 2.75) is 32.1 Å². The average Bonchev–Trinajstić information content (AvgIpc) is 3.25. The molecule has 0 atom stereocenters. The SMILES string of the molecule is Cc1c(-c2nnc(C3CCC3)o2)nn(-c2ccc(Cl)cc2Cl)c1-c1cccc(Cl)c1. The Morgan fingerprint density at radius 3 is 2.50 bits per heavy atom. The molecule has 2 aromatic heterocycles. The fourth-order valence-corrected chi connectivity index (χ4v) is 4.33. The van der Waals surface area contributed by atoms with Crippen molar-refractivity contribution >= 4 is 34.8 Å². The highest BCUT2D eigenvalue weighted by Crippen LogP contribution is 2.39. The maximum Gasteiger partial charge on any atom is 0.268 e. The Morgan fingerprint density at radius 2 is 1.80 bits per heavy atom. The average molecular weight is 460 g/mol. The molecule has 5 rings (SSSR count). The molecule has 0 aliphatic heterocycles. The van der Waals surface area contributed by atoms with Crippen LogP contribution in [-0.4, -0.2) is 20.0 Å². The molecule has 1 aliphatic carbocycles. The van der Waals surface area contributed by atoms with E-state index in [9.17, 15) is 0 Å². The first-order valence-corrected chi connectivity index (χ1v) is 10.8. The van der Waals surface area contributed by atoms with Gasteiger partial charge in [0, 0.05) is 27.1 Å². The summed E-state index contributed by atoms with van der Waals surface area (Å²) >= 11 is 18.9. The molecule has 1 fully saturated rings. The third-order valence-electron chi connectivity index (χ3n) is 5.46. The molecule has 0 unspecified atom stereocenters. The van der Waals surface area contributed by atoms with Crippen LogP contribution >= 0.6 is 34.8 Å². The second-order valence-corrected chi connectivity index (χ2v) is 8.69. The van der Waals surface area contributed by atoms with Crippen molar-refractivity contribution in [3.8, 4) is 28.5 Å². The first-order chi connectivity index (χ1) is 14.5. The molecule has 0 spiro atoms. The van der Waals surface area contributed by atoms with Crippen LogP contribution in [0.2, 0.25) is 15.1 Å². The van der Waals surface area contributed by atoms with Crippen molar-refractivity contribution < 1.29 is 4.42 Å². The summed E-state index contributed by atoms with van der Waals surface area (Å²) in [5.41, 5.74) is 3.97. The van der Waals surface area contributed by atoms with Crippen LogP contribution in [0.3, 0.4) is 0 Å². The lowest BCUT2D eigenvalue weighted by Gasteiger charge is -2.20. The van der Waals surface area contributed by atoms with Crippen molar-refractivity contribution in [1.82, 2.24) is 20.0 Å². The van der Waals surface area contributed by atoms with Gasteiger partial charge in [-0.2, -0.15) is 5.10 Å². The number of halogens is 3. The maximum atomic E-state index is 6.51. The van der Waals surface area contributed by atoms with Crippen molar-refractivity contribution in [1.29, 1.82) is 0 Å². The zero-order valence-electron chi connectivity index (χ0n) is 16.1. The van der Waals surface area contributed by atoms with Gasteiger partial charge in [0.15, 0.2) is 5.69 Å². The summed E-state index contributed by atoms with van der Waals surface area (Å²) in [6, 6.07) is 12.9. The number of aromatic nitrogens is 4. The summed E-state index contributed by atoms with van der Waals surface area (Å²) in [4.78, 5) is 0. The van der Waals surface area contributed by atoms with Gasteiger partial charge in [-0.1, -0.05) is 53.4 Å². The highest BCUT2D eigenvalue weighted by molar-refractivity contribution is 6.35. The smallest absolute Gasteiger partial charge is 0.268 e. The van der Waals surface area contributed by atoms with Gasteiger partial charge in [0.05, 0.1) is 16.4 Å². The molecule has 30 heavy (non-hydrogen) atoms. The van der Waals surface area contributed by atoms with Crippen LogP contribution in [-0.2, 0) is 0 Å². The van der Waals surface area contributed by atoms with Gasteiger partial charge >= 0.3 is 0 Å². The molecule has 152 valence electrons. The second-order valence-electron chi connectivity index (χ2n) is 7.41. The van der Waals surface area contributed by atoms with Gasteiger partial charge < -0.3 is 4.42 Å². The van der Waals surface area contributed by atoms with Crippen LogP contribution in [0, 0.1) is 6.92 Å². The molecular weight excluding hydrogens is 443 g/mol. The summed E-state index contributed by atoms with van der Waals surface area (Å²) < 4.78 is 7.77. The minimum Gasteiger partial charge on any atom is -0.419 e. The molecule has 1 aliphatic rings. The summed E-state index contributed by atoms with van der Waals surface area (Å²) in [6.45, 7) is 1.98. The molecule has 0 bridgehead atoms. The third kappa shape index (κ3) is 3.41. The topological polar surface area (TPSA) is 56.7 Å². The summed E-state index contributed by atoms with van der Waals surface area (Å²) in [7, 11) is 0. The van der Waals surface area contributed by atoms with Crippen LogP contribution in [0.1, 0.15) is 36.6 Å². The predicted molar refractivity (Wildman–Crippen MR) is 119 cm³/mol. The fourth-order valence-electron chi connectivity index (χ4n) is 3.65. The molecule has 0 radical (unpaired) electrons. The van der Waals surface area contributed by atoms with Crippen LogP contribution in [0.15, 0.2) is 46.9 Å². The molecule has 1 saturated carbocycles. The van der Waals surface area contributed by atoms with Crippen LogP contribution in [0.4, 0.5) is 0 Å². The minimum atomic E-state index is 0.353. The fraction of sp³-hybridized carbons (Fsp3) is 0.227. The molecule has 4 aromatic rings. The minimum absolute atomic E-state index is 0.353. The zero-order chi connectivity index (χ0) is 20.8. The van der Waals surface area contributed by atoms with Crippen LogP contribution in [0.25, 0.3) is 28.5 Å². The number of hydrogen-bond acceptors (Lipinski definition) is 4. The van der Waals surface area contributed by atoms with Gasteiger partial charge in [-0.05, 0) is 50.1 Å². The third-order valence-corrected chi connectivity index (χ3v) is 6.23. The largest absolute Gasteiger partial charge is 0.419 e. The normalized spacial score (nSPS) is 14.1. The lowest BCUT2D eigenvalue weighted by molar-refractivity contribution is 0.338.